The normalized spacial score (nSPS) is 12.2. The number of rotatable bonds is 11. The van der Waals surface area contributed by atoms with Crippen LogP contribution in [0.1, 0.15) is 36.8 Å². The van der Waals surface area contributed by atoms with Gasteiger partial charge in [-0.05, 0) is 62.2 Å². The number of carbonyl (C=O) groups is 2. The van der Waals surface area contributed by atoms with Crippen LogP contribution in [0.2, 0.25) is 0 Å². The van der Waals surface area contributed by atoms with Crippen molar-refractivity contribution in [3.8, 4) is 22.9 Å². The van der Waals surface area contributed by atoms with Crippen LogP contribution in [0.3, 0.4) is 0 Å². The first-order chi connectivity index (χ1) is 22.1. The van der Waals surface area contributed by atoms with Gasteiger partial charge in [-0.3, -0.25) is 24.0 Å². The number of para-hydroxylation sites is 1. The first-order valence-electron chi connectivity index (χ1n) is 14.8. The van der Waals surface area contributed by atoms with Crippen molar-refractivity contribution in [1.82, 2.24) is 19.3 Å². The van der Waals surface area contributed by atoms with E-state index in [1.807, 2.05) is 38.1 Å². The minimum absolute atomic E-state index is 0. The van der Waals surface area contributed by atoms with E-state index in [9.17, 15) is 14.4 Å². The molecule has 13 heteroatoms. The van der Waals surface area contributed by atoms with Crippen molar-refractivity contribution < 1.29 is 23.8 Å². The molecular weight excluding hydrogens is 624 g/mol. The molecule has 0 aliphatic carbocycles. The monoisotopic (exact) mass is 660 g/mol. The maximum absolute atomic E-state index is 13.7. The number of ether oxygens (including phenoxy) is 3. The molecule has 12 nitrogen and oxygen atoms in total. The van der Waals surface area contributed by atoms with Crippen LogP contribution in [0.25, 0.3) is 16.6 Å². The highest BCUT2D eigenvalue weighted by molar-refractivity contribution is 6.04. The number of fused-ring (bicyclic) bond motifs is 1. The third-order valence-electron chi connectivity index (χ3n) is 7.48. The molecule has 0 saturated carbocycles. The highest BCUT2D eigenvalue weighted by Crippen LogP contribution is 2.31. The number of pyridine rings is 2. The van der Waals surface area contributed by atoms with Gasteiger partial charge in [-0.25, -0.2) is 9.67 Å². The molecule has 0 radical (unpaired) electrons. The highest BCUT2D eigenvalue weighted by atomic mass is 35.5. The average molecular weight is 661 g/mol. The molecule has 0 bridgehead atoms. The van der Waals surface area contributed by atoms with Gasteiger partial charge >= 0.3 is 5.97 Å². The lowest BCUT2D eigenvalue weighted by atomic mass is 10.1. The van der Waals surface area contributed by atoms with Crippen LogP contribution in [-0.4, -0.2) is 50.5 Å². The van der Waals surface area contributed by atoms with Crippen molar-refractivity contribution >= 4 is 41.0 Å². The predicted octanol–water partition coefficient (Wildman–Crippen LogP) is 5.28. The molecule has 3 N–H and O–H groups in total. The molecule has 2 aromatic carbocycles. The lowest BCUT2D eigenvalue weighted by Crippen LogP contribution is -2.39. The number of nitrogens with one attached hydrogen (secondary N) is 1. The van der Waals surface area contributed by atoms with Gasteiger partial charge in [0.05, 0.1) is 36.7 Å². The van der Waals surface area contributed by atoms with Gasteiger partial charge in [-0.1, -0.05) is 32.0 Å². The second kappa shape index (κ2) is 14.9. The number of halogens is 1. The maximum Gasteiger partial charge on any atom is 0.323 e. The quantitative estimate of drug-likeness (QED) is 0.180. The largest absolute Gasteiger partial charge is 0.497 e. The molecule has 246 valence electrons. The number of esters is 1. The standard InChI is InChI=1S/C34H36N6O6.ClH/c1-20(2)31(35)34(43)45-21(3)19-39-22(4)30(33(42)40(39)23-9-7-6-8-10-23)32(41)38-29-14-12-25(18-37-29)46-28-15-16-36-27-17-24(44-5)11-13-26(27)28;/h6-18,20-21,31H,19,35H2,1-5H3,(H,37,38,41);1H. The minimum Gasteiger partial charge on any atom is -0.497 e. The van der Waals surface area contributed by atoms with E-state index in [0.29, 0.717) is 34.1 Å². The average Bonchev–Trinajstić information content (AvgIpc) is 3.29. The zero-order valence-electron chi connectivity index (χ0n) is 26.7. The molecule has 3 aromatic heterocycles. The number of hydrogen-bond donors (Lipinski definition) is 2. The SMILES string of the molecule is COc1ccc2c(Oc3ccc(NC(=O)c4c(C)n(CC(C)OC(=O)C(N)C(C)C)n(-c5ccccc5)c4=O)nc3)ccnc2c1.Cl. The molecule has 0 fully saturated rings. The lowest BCUT2D eigenvalue weighted by molar-refractivity contribution is -0.151. The topological polar surface area (TPSA) is 153 Å². The molecule has 2 atom stereocenters. The van der Waals surface area contributed by atoms with Gasteiger partial charge < -0.3 is 25.3 Å². The summed E-state index contributed by atoms with van der Waals surface area (Å²) >= 11 is 0. The fourth-order valence-corrected chi connectivity index (χ4v) is 4.92. The fourth-order valence-electron chi connectivity index (χ4n) is 4.92. The molecule has 5 rings (SSSR count). The van der Waals surface area contributed by atoms with Crippen molar-refractivity contribution in [2.24, 2.45) is 11.7 Å². The van der Waals surface area contributed by atoms with E-state index in [0.717, 1.165) is 5.39 Å². The zero-order valence-corrected chi connectivity index (χ0v) is 27.5. The van der Waals surface area contributed by atoms with Gasteiger partial charge in [0.1, 0.15) is 40.8 Å². The summed E-state index contributed by atoms with van der Waals surface area (Å²) < 4.78 is 19.9. The Morgan fingerprint density at radius 2 is 1.70 bits per heavy atom. The van der Waals surface area contributed by atoms with Gasteiger partial charge in [0.25, 0.3) is 11.5 Å². The van der Waals surface area contributed by atoms with Crippen molar-refractivity contribution in [3.63, 3.8) is 0 Å². The van der Waals surface area contributed by atoms with Crippen LogP contribution in [0.5, 0.6) is 17.2 Å². The van der Waals surface area contributed by atoms with Crippen LogP contribution in [0, 0.1) is 12.8 Å². The van der Waals surface area contributed by atoms with Crippen LogP contribution in [0.4, 0.5) is 5.82 Å². The summed E-state index contributed by atoms with van der Waals surface area (Å²) in [4.78, 5) is 48.5. The number of nitrogens with two attached hydrogens (primary N) is 1. The summed E-state index contributed by atoms with van der Waals surface area (Å²) in [5, 5.41) is 3.51. The highest BCUT2D eigenvalue weighted by Gasteiger charge is 2.27. The van der Waals surface area contributed by atoms with E-state index in [-0.39, 0.29) is 36.3 Å². The molecular formula is C34H37ClN6O6. The molecule has 0 saturated heterocycles. The van der Waals surface area contributed by atoms with Crippen molar-refractivity contribution in [2.75, 3.05) is 12.4 Å². The molecule has 47 heavy (non-hydrogen) atoms. The Kier molecular flexibility index (Phi) is 11.0. The molecule has 1 amide bonds. The number of amides is 1. The van der Waals surface area contributed by atoms with E-state index in [1.165, 1.54) is 10.9 Å². The first-order valence-corrected chi connectivity index (χ1v) is 14.8. The number of methoxy groups -OCH3 is 1. The number of aromatic nitrogens is 4. The fraction of sp³-hybridized carbons (Fsp3) is 0.265. The van der Waals surface area contributed by atoms with E-state index >= 15 is 0 Å². The number of nitrogens with zero attached hydrogens (tertiary/aromatic N) is 4. The second-order valence-electron chi connectivity index (χ2n) is 11.1. The molecule has 3 heterocycles. The number of hydrogen-bond acceptors (Lipinski definition) is 9. The van der Waals surface area contributed by atoms with E-state index in [2.05, 4.69) is 15.3 Å². The van der Waals surface area contributed by atoms with Crippen molar-refractivity contribution in [3.05, 3.63) is 101 Å². The number of benzene rings is 2. The van der Waals surface area contributed by atoms with Gasteiger partial charge in [0.2, 0.25) is 0 Å². The van der Waals surface area contributed by atoms with Crippen LogP contribution in [-0.2, 0) is 16.1 Å². The Hall–Kier alpha value is -5.20. The van der Waals surface area contributed by atoms with Gasteiger partial charge in [0, 0.05) is 17.6 Å². The van der Waals surface area contributed by atoms with Crippen molar-refractivity contribution in [2.45, 2.75) is 46.4 Å². The van der Waals surface area contributed by atoms with Crippen LogP contribution >= 0.6 is 12.4 Å². The summed E-state index contributed by atoms with van der Waals surface area (Å²) in [5.74, 6) is 0.669. The summed E-state index contributed by atoms with van der Waals surface area (Å²) in [6, 6.07) is 18.6. The Morgan fingerprint density at radius 1 is 0.979 bits per heavy atom. The Bertz CT molecular complexity index is 1920. The summed E-state index contributed by atoms with van der Waals surface area (Å²) in [6.45, 7) is 7.16. The smallest absolute Gasteiger partial charge is 0.323 e. The summed E-state index contributed by atoms with van der Waals surface area (Å²) in [7, 11) is 1.59. The summed E-state index contributed by atoms with van der Waals surface area (Å²) in [5.41, 5.74) is 7.02. The van der Waals surface area contributed by atoms with E-state index in [4.69, 9.17) is 19.9 Å². The maximum atomic E-state index is 13.7. The summed E-state index contributed by atoms with van der Waals surface area (Å²) in [6.07, 6.45) is 2.48. The minimum atomic E-state index is -0.775. The van der Waals surface area contributed by atoms with Gasteiger partial charge in [-0.2, -0.15) is 0 Å². The Labute approximate surface area is 277 Å². The number of anilines is 1. The lowest BCUT2D eigenvalue weighted by Gasteiger charge is -2.21. The third-order valence-corrected chi connectivity index (χ3v) is 7.48. The predicted molar refractivity (Wildman–Crippen MR) is 181 cm³/mol. The molecule has 0 spiro atoms. The van der Waals surface area contributed by atoms with E-state index < -0.39 is 29.6 Å². The first kappa shape index (κ1) is 34.7. The third kappa shape index (κ3) is 7.62. The van der Waals surface area contributed by atoms with Gasteiger partial charge in [0.15, 0.2) is 0 Å². The molecule has 0 aliphatic heterocycles. The van der Waals surface area contributed by atoms with Gasteiger partial charge in [-0.15, -0.1) is 12.4 Å². The Morgan fingerprint density at radius 3 is 2.36 bits per heavy atom. The van der Waals surface area contributed by atoms with Crippen LogP contribution in [0.15, 0.2) is 83.9 Å². The number of carbonyl (C=O) groups excluding carboxylic acids is 2. The Balaban J connectivity index is 0.00000500. The molecule has 0 aliphatic rings. The van der Waals surface area contributed by atoms with Crippen LogP contribution < -0.4 is 26.1 Å². The zero-order chi connectivity index (χ0) is 33.0. The second-order valence-corrected chi connectivity index (χ2v) is 11.1. The molecule has 2 unspecified atom stereocenters. The van der Waals surface area contributed by atoms with E-state index in [1.54, 1.807) is 74.3 Å². The van der Waals surface area contributed by atoms with Crippen molar-refractivity contribution in [1.29, 1.82) is 0 Å². The molecule has 5 aromatic rings.